The number of hydrogen-bond acceptors (Lipinski definition) is 5. The topological polar surface area (TPSA) is 83.3 Å². The van der Waals surface area contributed by atoms with E-state index in [9.17, 15) is 4.79 Å². The molecule has 6 nitrogen and oxygen atoms in total. The summed E-state index contributed by atoms with van der Waals surface area (Å²) in [6.45, 7) is 1.92. The van der Waals surface area contributed by atoms with Crippen LogP contribution < -0.4 is 21.3 Å². The number of nitrogen functional groups attached to an aromatic ring is 1. The minimum absolute atomic E-state index is 0.205. The Hall–Kier alpha value is -3.32. The van der Waals surface area contributed by atoms with E-state index in [1.54, 1.807) is 11.3 Å². The molecule has 0 bridgehead atoms. The van der Waals surface area contributed by atoms with E-state index >= 15 is 0 Å². The number of nitrogens with two attached hydrogens (primary N) is 1. The van der Waals surface area contributed by atoms with Gasteiger partial charge in [-0.25, -0.2) is 9.78 Å². The molecule has 1 unspecified atom stereocenters. The van der Waals surface area contributed by atoms with Crippen molar-refractivity contribution < 1.29 is 4.79 Å². The Morgan fingerprint density at radius 1 is 1.07 bits per heavy atom. The van der Waals surface area contributed by atoms with Crippen LogP contribution in [0, 0.1) is 0 Å². The number of nitrogens with one attached hydrogen (secondary N) is 2. The summed E-state index contributed by atoms with van der Waals surface area (Å²) in [7, 11) is 4.01. The quantitative estimate of drug-likeness (QED) is 0.567. The third kappa shape index (κ3) is 3.82. The van der Waals surface area contributed by atoms with Crippen LogP contribution in [0.25, 0.3) is 16.8 Å². The van der Waals surface area contributed by atoms with Gasteiger partial charge in [-0.1, -0.05) is 24.3 Å². The lowest BCUT2D eigenvalue weighted by molar-refractivity contribution is 0.240. The lowest BCUT2D eigenvalue weighted by Crippen LogP contribution is -2.42. The van der Waals surface area contributed by atoms with Crippen LogP contribution in [0.1, 0.15) is 23.5 Å². The van der Waals surface area contributed by atoms with E-state index in [0.717, 1.165) is 44.5 Å². The second-order valence-corrected chi connectivity index (χ2v) is 8.07. The zero-order valence-electron chi connectivity index (χ0n) is 16.6. The fraction of sp³-hybridized carbons (Fsp3) is 0.182. The van der Waals surface area contributed by atoms with Crippen LogP contribution in [-0.2, 0) is 0 Å². The highest BCUT2D eigenvalue weighted by Gasteiger charge is 2.29. The summed E-state index contributed by atoms with van der Waals surface area (Å²) >= 11 is 1.57. The van der Waals surface area contributed by atoms with E-state index in [1.165, 1.54) is 0 Å². The molecular formula is C22H23N5OS. The highest BCUT2D eigenvalue weighted by molar-refractivity contribution is 7.11. The van der Waals surface area contributed by atoms with Gasteiger partial charge in [0, 0.05) is 47.7 Å². The number of nitrogens with zero attached hydrogens (tertiary/aromatic N) is 2. The lowest BCUT2D eigenvalue weighted by atomic mass is 9.95. The van der Waals surface area contributed by atoms with E-state index in [1.807, 2.05) is 67.7 Å². The molecule has 7 heteroatoms. The summed E-state index contributed by atoms with van der Waals surface area (Å²) in [5.74, 6) is 0. The monoisotopic (exact) mass is 405 g/mol. The first-order valence-corrected chi connectivity index (χ1v) is 10.2. The maximum Gasteiger partial charge on any atom is 0.319 e. The maximum absolute atomic E-state index is 12.2. The summed E-state index contributed by atoms with van der Waals surface area (Å²) in [5.41, 5.74) is 12.3. The van der Waals surface area contributed by atoms with Crippen molar-refractivity contribution in [3.8, 4) is 11.3 Å². The number of hydrogen-bond donors (Lipinski definition) is 3. The molecule has 4 rings (SSSR count). The molecule has 0 radical (unpaired) electrons. The van der Waals surface area contributed by atoms with Crippen LogP contribution >= 0.6 is 11.3 Å². The predicted octanol–water partition coefficient (Wildman–Crippen LogP) is 4.24. The highest BCUT2D eigenvalue weighted by Crippen LogP contribution is 2.37. The zero-order valence-corrected chi connectivity index (χ0v) is 17.4. The number of anilines is 2. The Balaban J connectivity index is 1.72. The highest BCUT2D eigenvalue weighted by atomic mass is 32.1. The van der Waals surface area contributed by atoms with Gasteiger partial charge in [-0.15, -0.1) is 11.3 Å². The van der Waals surface area contributed by atoms with Crippen LogP contribution in [0.2, 0.25) is 0 Å². The number of thiazole rings is 1. The first-order chi connectivity index (χ1) is 13.9. The van der Waals surface area contributed by atoms with Gasteiger partial charge >= 0.3 is 6.03 Å². The van der Waals surface area contributed by atoms with Gasteiger partial charge in [-0.2, -0.15) is 0 Å². The largest absolute Gasteiger partial charge is 0.399 e. The van der Waals surface area contributed by atoms with Crippen molar-refractivity contribution in [3.05, 3.63) is 70.2 Å². The van der Waals surface area contributed by atoms with E-state index in [0.29, 0.717) is 0 Å². The van der Waals surface area contributed by atoms with Gasteiger partial charge in [0.2, 0.25) is 0 Å². The molecule has 1 aliphatic rings. The second-order valence-electron chi connectivity index (χ2n) is 7.22. The molecule has 2 amide bonds. The maximum atomic E-state index is 12.2. The third-order valence-electron chi connectivity index (χ3n) is 4.95. The fourth-order valence-electron chi connectivity index (χ4n) is 3.38. The van der Waals surface area contributed by atoms with Gasteiger partial charge in [0.05, 0.1) is 11.7 Å². The molecule has 2 heterocycles. The fourth-order valence-corrected chi connectivity index (χ4v) is 4.34. The number of allylic oxidation sites excluding steroid dienone is 1. The summed E-state index contributed by atoms with van der Waals surface area (Å²) < 4.78 is 0. The Labute approximate surface area is 174 Å². The Morgan fingerprint density at radius 2 is 1.76 bits per heavy atom. The molecular weight excluding hydrogens is 382 g/mol. The molecule has 0 saturated heterocycles. The summed E-state index contributed by atoms with van der Waals surface area (Å²) in [4.78, 5) is 19.1. The van der Waals surface area contributed by atoms with Crippen molar-refractivity contribution in [2.75, 3.05) is 24.7 Å². The number of aromatic nitrogens is 1. The van der Waals surface area contributed by atoms with Gasteiger partial charge in [-0.3, -0.25) is 0 Å². The molecule has 0 saturated carbocycles. The van der Waals surface area contributed by atoms with E-state index in [4.69, 9.17) is 10.7 Å². The van der Waals surface area contributed by atoms with Crippen molar-refractivity contribution in [2.24, 2.45) is 0 Å². The number of urea groups is 1. The average Bonchev–Trinajstić information content (AvgIpc) is 3.17. The molecule has 148 valence electrons. The molecule has 3 aromatic rings. The van der Waals surface area contributed by atoms with Gasteiger partial charge in [0.25, 0.3) is 0 Å². The average molecular weight is 406 g/mol. The Morgan fingerprint density at radius 3 is 2.41 bits per heavy atom. The SMILES string of the molecule is CC1=C(c2nc(-c3ccc(N)cc3)cs2)C(c2ccc(N(C)C)cc2)NC(=O)N1. The first kappa shape index (κ1) is 19.0. The van der Waals surface area contributed by atoms with Crippen molar-refractivity contribution in [1.29, 1.82) is 0 Å². The second kappa shape index (κ2) is 7.60. The van der Waals surface area contributed by atoms with Crippen molar-refractivity contribution in [2.45, 2.75) is 13.0 Å². The first-order valence-electron chi connectivity index (χ1n) is 9.30. The number of carbonyl (C=O) groups is 1. The third-order valence-corrected chi connectivity index (χ3v) is 5.83. The van der Waals surface area contributed by atoms with Gasteiger partial charge in [-0.05, 0) is 36.8 Å². The lowest BCUT2D eigenvalue weighted by Gasteiger charge is -2.28. The molecule has 0 spiro atoms. The normalized spacial score (nSPS) is 16.4. The minimum atomic E-state index is -0.259. The minimum Gasteiger partial charge on any atom is -0.399 e. The van der Waals surface area contributed by atoms with Crippen molar-refractivity contribution in [1.82, 2.24) is 15.6 Å². The van der Waals surface area contributed by atoms with Gasteiger partial charge in [0.15, 0.2) is 0 Å². The molecule has 29 heavy (non-hydrogen) atoms. The summed E-state index contributed by atoms with van der Waals surface area (Å²) in [5, 5.41) is 8.84. The van der Waals surface area contributed by atoms with E-state index in [-0.39, 0.29) is 12.1 Å². The molecule has 0 aliphatic carbocycles. The van der Waals surface area contributed by atoms with E-state index < -0.39 is 0 Å². The van der Waals surface area contributed by atoms with Crippen LogP contribution in [0.3, 0.4) is 0 Å². The predicted molar refractivity (Wildman–Crippen MR) is 120 cm³/mol. The molecule has 0 fully saturated rings. The number of carbonyl (C=O) groups excluding carboxylic acids is 1. The van der Waals surface area contributed by atoms with E-state index in [2.05, 4.69) is 22.8 Å². The van der Waals surface area contributed by atoms with Crippen LogP contribution in [-0.4, -0.2) is 25.1 Å². The molecule has 1 aromatic heterocycles. The Kier molecular flexibility index (Phi) is 4.98. The summed E-state index contributed by atoms with van der Waals surface area (Å²) in [6.07, 6.45) is 0. The standard InChI is InChI=1S/C22H23N5OS/c1-13-19(21-25-18(12-29-21)14-4-8-16(23)9-5-14)20(26-22(28)24-13)15-6-10-17(11-7-15)27(2)3/h4-12,20H,23H2,1-3H3,(H2,24,26,28). The van der Waals surface area contributed by atoms with Crippen molar-refractivity contribution in [3.63, 3.8) is 0 Å². The molecule has 4 N–H and O–H groups in total. The molecule has 2 aromatic carbocycles. The van der Waals surface area contributed by atoms with Gasteiger partial charge in [0.1, 0.15) is 5.01 Å². The number of benzene rings is 2. The van der Waals surface area contributed by atoms with Crippen molar-refractivity contribution >= 4 is 34.3 Å². The summed E-state index contributed by atoms with van der Waals surface area (Å²) in [6, 6.07) is 15.4. The Bertz CT molecular complexity index is 1070. The van der Waals surface area contributed by atoms with Crippen LogP contribution in [0.5, 0.6) is 0 Å². The van der Waals surface area contributed by atoms with Crippen LogP contribution in [0.4, 0.5) is 16.2 Å². The number of rotatable bonds is 4. The molecule has 1 atom stereocenters. The van der Waals surface area contributed by atoms with Gasteiger partial charge < -0.3 is 21.3 Å². The zero-order chi connectivity index (χ0) is 20.5. The smallest absolute Gasteiger partial charge is 0.319 e. The number of amides is 2. The van der Waals surface area contributed by atoms with Crippen LogP contribution in [0.15, 0.2) is 59.6 Å². The molecule has 1 aliphatic heterocycles.